The molecule has 0 aliphatic heterocycles. The lowest BCUT2D eigenvalue weighted by atomic mass is 10.2. The first-order valence-electron chi connectivity index (χ1n) is 7.59. The molecule has 0 radical (unpaired) electrons. The highest BCUT2D eigenvalue weighted by Crippen LogP contribution is 2.21. The molecule has 24 heavy (non-hydrogen) atoms. The van der Waals surface area contributed by atoms with Crippen molar-refractivity contribution in [2.75, 3.05) is 11.9 Å². The van der Waals surface area contributed by atoms with E-state index < -0.39 is 0 Å². The van der Waals surface area contributed by atoms with Crippen LogP contribution in [0.25, 0.3) is 11.4 Å². The summed E-state index contributed by atoms with van der Waals surface area (Å²) in [5.74, 6) is 1.47. The summed E-state index contributed by atoms with van der Waals surface area (Å²) < 4.78 is 0. The summed E-state index contributed by atoms with van der Waals surface area (Å²) in [6, 6.07) is 14.8. The predicted octanol–water partition coefficient (Wildman–Crippen LogP) is 3.34. The molecule has 0 bridgehead atoms. The van der Waals surface area contributed by atoms with Crippen LogP contribution < -0.4 is 5.32 Å². The molecule has 0 aliphatic carbocycles. The summed E-state index contributed by atoms with van der Waals surface area (Å²) in [4.78, 5) is 14.9. The largest absolute Gasteiger partial charge is 0.385 e. The molecule has 0 amide bonds. The number of aryl methyl sites for hydroxylation is 1. The molecule has 3 aromatic rings. The second-order valence-corrected chi connectivity index (χ2v) is 5.41. The fraction of sp³-hybridized carbons (Fsp3) is 0.176. The van der Waals surface area contributed by atoms with E-state index in [0.29, 0.717) is 24.4 Å². The first kappa shape index (κ1) is 15.7. The van der Waals surface area contributed by atoms with Crippen LogP contribution in [0.3, 0.4) is 0 Å². The van der Waals surface area contributed by atoms with Crippen LogP contribution >= 0.6 is 0 Å². The number of nitrogens with zero attached hydrogens (tertiary/aromatic N) is 3. The van der Waals surface area contributed by atoms with E-state index in [9.17, 15) is 10.1 Å². The Morgan fingerprint density at radius 3 is 2.71 bits per heavy atom. The zero-order valence-corrected chi connectivity index (χ0v) is 13.2. The van der Waals surface area contributed by atoms with Gasteiger partial charge >= 0.3 is 0 Å². The Bertz CT molecular complexity index is 845. The molecule has 122 valence electrons. The lowest BCUT2D eigenvalue weighted by molar-refractivity contribution is -0.385. The van der Waals surface area contributed by atoms with Crippen LogP contribution in [0.2, 0.25) is 0 Å². The Kier molecular flexibility index (Phi) is 4.51. The molecule has 1 heterocycles. The Balaban J connectivity index is 1.58. The highest BCUT2D eigenvalue weighted by molar-refractivity contribution is 5.54. The third kappa shape index (κ3) is 3.57. The molecule has 7 nitrogen and oxygen atoms in total. The van der Waals surface area contributed by atoms with E-state index in [2.05, 4.69) is 20.5 Å². The highest BCUT2D eigenvalue weighted by atomic mass is 16.6. The third-order valence-electron chi connectivity index (χ3n) is 3.65. The third-order valence-corrected chi connectivity index (χ3v) is 3.65. The summed E-state index contributed by atoms with van der Waals surface area (Å²) >= 11 is 0. The van der Waals surface area contributed by atoms with Crippen LogP contribution in [-0.4, -0.2) is 26.6 Å². The van der Waals surface area contributed by atoms with E-state index >= 15 is 0 Å². The average Bonchev–Trinajstić information content (AvgIpc) is 3.04. The molecule has 3 rings (SSSR count). The zero-order valence-electron chi connectivity index (χ0n) is 13.2. The number of aromatic amines is 1. The number of nitrogens with one attached hydrogen (secondary N) is 2. The minimum Gasteiger partial charge on any atom is -0.385 e. The molecule has 0 spiro atoms. The van der Waals surface area contributed by atoms with E-state index in [4.69, 9.17) is 0 Å². The van der Waals surface area contributed by atoms with Crippen molar-refractivity contribution in [3.8, 4) is 11.4 Å². The number of anilines is 1. The van der Waals surface area contributed by atoms with E-state index in [1.54, 1.807) is 19.1 Å². The minimum atomic E-state index is -0.376. The first-order chi connectivity index (χ1) is 11.6. The van der Waals surface area contributed by atoms with Gasteiger partial charge in [-0.1, -0.05) is 30.3 Å². The number of hydrogen-bond acceptors (Lipinski definition) is 5. The van der Waals surface area contributed by atoms with Crippen molar-refractivity contribution in [2.45, 2.75) is 13.3 Å². The second-order valence-electron chi connectivity index (χ2n) is 5.41. The molecule has 2 N–H and O–H groups in total. The molecule has 0 unspecified atom stereocenters. The smallest absolute Gasteiger partial charge is 0.272 e. The minimum absolute atomic E-state index is 0.128. The molecular formula is C17H17N5O2. The highest BCUT2D eigenvalue weighted by Gasteiger charge is 2.10. The summed E-state index contributed by atoms with van der Waals surface area (Å²) in [7, 11) is 0. The summed E-state index contributed by atoms with van der Waals surface area (Å²) in [5, 5.41) is 21.2. The van der Waals surface area contributed by atoms with Gasteiger partial charge in [0, 0.05) is 35.8 Å². The van der Waals surface area contributed by atoms with Crippen LogP contribution in [0.5, 0.6) is 0 Å². The molecule has 0 saturated heterocycles. The lowest BCUT2D eigenvalue weighted by Gasteiger charge is -2.06. The van der Waals surface area contributed by atoms with Crippen molar-refractivity contribution in [1.29, 1.82) is 0 Å². The van der Waals surface area contributed by atoms with Gasteiger partial charge in [0.2, 0.25) is 0 Å². The number of nitro groups is 1. The van der Waals surface area contributed by atoms with Crippen molar-refractivity contribution in [3.05, 3.63) is 70.0 Å². The second kappa shape index (κ2) is 6.91. The van der Waals surface area contributed by atoms with Gasteiger partial charge in [0.15, 0.2) is 5.82 Å². The topological polar surface area (TPSA) is 96.7 Å². The SMILES string of the molecule is Cc1cc(NCCc2nc(-c3ccccc3)n[nH]2)ccc1[N+](=O)[O-]. The first-order valence-corrected chi connectivity index (χ1v) is 7.59. The van der Waals surface area contributed by atoms with Gasteiger partial charge < -0.3 is 5.32 Å². The maximum absolute atomic E-state index is 10.8. The summed E-state index contributed by atoms with van der Waals surface area (Å²) in [5.41, 5.74) is 2.58. The predicted molar refractivity (Wildman–Crippen MR) is 91.8 cm³/mol. The van der Waals surface area contributed by atoms with Gasteiger partial charge in [-0.25, -0.2) is 4.98 Å². The fourth-order valence-corrected chi connectivity index (χ4v) is 2.42. The number of hydrogen-bond donors (Lipinski definition) is 2. The quantitative estimate of drug-likeness (QED) is 0.535. The maximum Gasteiger partial charge on any atom is 0.272 e. The van der Waals surface area contributed by atoms with Crippen molar-refractivity contribution < 1.29 is 4.92 Å². The number of nitro benzene ring substituents is 1. The van der Waals surface area contributed by atoms with Gasteiger partial charge in [0.25, 0.3) is 5.69 Å². The average molecular weight is 323 g/mol. The molecule has 0 fully saturated rings. The van der Waals surface area contributed by atoms with Crippen molar-refractivity contribution >= 4 is 11.4 Å². The van der Waals surface area contributed by atoms with Crippen LogP contribution in [0.4, 0.5) is 11.4 Å². The molecule has 7 heteroatoms. The molecule has 0 saturated carbocycles. The Morgan fingerprint density at radius 1 is 1.21 bits per heavy atom. The number of aromatic nitrogens is 3. The number of H-pyrrole nitrogens is 1. The van der Waals surface area contributed by atoms with E-state index in [1.165, 1.54) is 6.07 Å². The van der Waals surface area contributed by atoms with Crippen molar-refractivity contribution in [1.82, 2.24) is 15.2 Å². The Hall–Kier alpha value is -3.22. The van der Waals surface area contributed by atoms with Crippen molar-refractivity contribution in [3.63, 3.8) is 0 Å². The van der Waals surface area contributed by atoms with Gasteiger partial charge in [-0.2, -0.15) is 5.10 Å². The standard InChI is InChI=1S/C17H17N5O2/c1-12-11-14(7-8-15(12)22(23)24)18-10-9-16-19-17(21-20-16)13-5-3-2-4-6-13/h2-8,11,18H,9-10H2,1H3,(H,19,20,21). The van der Waals surface area contributed by atoms with Gasteiger partial charge in [0.1, 0.15) is 5.82 Å². The van der Waals surface area contributed by atoms with Crippen LogP contribution in [0.1, 0.15) is 11.4 Å². The monoisotopic (exact) mass is 323 g/mol. The fourth-order valence-electron chi connectivity index (χ4n) is 2.42. The normalized spacial score (nSPS) is 10.5. The number of benzene rings is 2. The van der Waals surface area contributed by atoms with Gasteiger partial charge in [0.05, 0.1) is 4.92 Å². The lowest BCUT2D eigenvalue weighted by Crippen LogP contribution is -2.06. The molecule has 2 aromatic carbocycles. The van der Waals surface area contributed by atoms with Crippen LogP contribution in [0, 0.1) is 17.0 Å². The zero-order chi connectivity index (χ0) is 16.9. The van der Waals surface area contributed by atoms with E-state index in [0.717, 1.165) is 17.1 Å². The van der Waals surface area contributed by atoms with Gasteiger partial charge in [-0.05, 0) is 19.1 Å². The van der Waals surface area contributed by atoms with Gasteiger partial charge in [-0.3, -0.25) is 15.2 Å². The summed E-state index contributed by atoms with van der Waals surface area (Å²) in [6.45, 7) is 2.38. The molecular weight excluding hydrogens is 306 g/mol. The van der Waals surface area contributed by atoms with E-state index in [1.807, 2.05) is 30.3 Å². The number of rotatable bonds is 6. The summed E-state index contributed by atoms with van der Waals surface area (Å²) in [6.07, 6.45) is 0.676. The van der Waals surface area contributed by atoms with Crippen molar-refractivity contribution in [2.24, 2.45) is 0 Å². The van der Waals surface area contributed by atoms with Crippen LogP contribution in [0.15, 0.2) is 48.5 Å². The maximum atomic E-state index is 10.8. The Morgan fingerprint density at radius 2 is 2.00 bits per heavy atom. The van der Waals surface area contributed by atoms with Gasteiger partial charge in [-0.15, -0.1) is 0 Å². The van der Waals surface area contributed by atoms with Crippen LogP contribution in [-0.2, 0) is 6.42 Å². The molecule has 0 atom stereocenters. The Labute approximate surface area is 138 Å². The van der Waals surface area contributed by atoms with E-state index in [-0.39, 0.29) is 10.6 Å². The molecule has 0 aliphatic rings. The molecule has 1 aromatic heterocycles.